The SMILES string of the molecule is COCC(C)(C)NCc1ccc(C(=O)OC)cc1. The zero-order valence-electron chi connectivity index (χ0n) is 11.4. The lowest BCUT2D eigenvalue weighted by Gasteiger charge is -2.25. The molecule has 0 saturated heterocycles. The van der Waals surface area contributed by atoms with Gasteiger partial charge >= 0.3 is 5.97 Å². The van der Waals surface area contributed by atoms with Crippen LogP contribution in [0, 0.1) is 0 Å². The van der Waals surface area contributed by atoms with Crippen molar-refractivity contribution in [2.75, 3.05) is 20.8 Å². The number of esters is 1. The van der Waals surface area contributed by atoms with Crippen LogP contribution in [0.2, 0.25) is 0 Å². The van der Waals surface area contributed by atoms with Crippen LogP contribution in [-0.4, -0.2) is 32.3 Å². The van der Waals surface area contributed by atoms with Gasteiger partial charge in [0.15, 0.2) is 0 Å². The number of hydrogen-bond donors (Lipinski definition) is 1. The maximum atomic E-state index is 11.3. The Morgan fingerprint density at radius 3 is 2.33 bits per heavy atom. The molecule has 0 atom stereocenters. The minimum Gasteiger partial charge on any atom is -0.465 e. The van der Waals surface area contributed by atoms with Gasteiger partial charge in [-0.05, 0) is 31.5 Å². The molecule has 0 heterocycles. The molecule has 1 aromatic carbocycles. The number of hydrogen-bond acceptors (Lipinski definition) is 4. The number of rotatable bonds is 6. The summed E-state index contributed by atoms with van der Waals surface area (Å²) in [6.07, 6.45) is 0. The normalized spacial score (nSPS) is 11.3. The zero-order valence-corrected chi connectivity index (χ0v) is 11.4. The van der Waals surface area contributed by atoms with Crippen LogP contribution in [0.25, 0.3) is 0 Å². The smallest absolute Gasteiger partial charge is 0.337 e. The van der Waals surface area contributed by atoms with Crippen LogP contribution in [-0.2, 0) is 16.0 Å². The molecule has 0 bridgehead atoms. The Kier molecular flexibility index (Phi) is 5.31. The number of ether oxygens (including phenoxy) is 2. The van der Waals surface area contributed by atoms with Crippen molar-refractivity contribution >= 4 is 5.97 Å². The quantitative estimate of drug-likeness (QED) is 0.785. The topological polar surface area (TPSA) is 47.6 Å². The van der Waals surface area contributed by atoms with Crippen molar-refractivity contribution in [3.63, 3.8) is 0 Å². The summed E-state index contributed by atoms with van der Waals surface area (Å²) in [7, 11) is 3.07. The lowest BCUT2D eigenvalue weighted by molar-refractivity contribution is 0.0600. The van der Waals surface area contributed by atoms with Crippen molar-refractivity contribution in [2.45, 2.75) is 25.9 Å². The maximum Gasteiger partial charge on any atom is 0.337 e. The van der Waals surface area contributed by atoms with E-state index in [2.05, 4.69) is 23.9 Å². The molecule has 0 unspecified atom stereocenters. The Labute approximate surface area is 108 Å². The van der Waals surface area contributed by atoms with Crippen molar-refractivity contribution < 1.29 is 14.3 Å². The molecule has 100 valence electrons. The summed E-state index contributed by atoms with van der Waals surface area (Å²) in [4.78, 5) is 11.3. The monoisotopic (exact) mass is 251 g/mol. The molecule has 0 radical (unpaired) electrons. The third-order valence-electron chi connectivity index (χ3n) is 2.65. The standard InChI is InChI=1S/C14H21NO3/c1-14(2,10-17-3)15-9-11-5-7-12(8-6-11)13(16)18-4/h5-8,15H,9-10H2,1-4H3. The molecule has 1 N–H and O–H groups in total. The van der Waals surface area contributed by atoms with E-state index in [0.717, 1.165) is 12.1 Å². The minimum atomic E-state index is -0.311. The van der Waals surface area contributed by atoms with Gasteiger partial charge in [0.05, 0.1) is 19.3 Å². The summed E-state index contributed by atoms with van der Waals surface area (Å²) in [5.41, 5.74) is 1.61. The largest absolute Gasteiger partial charge is 0.465 e. The van der Waals surface area contributed by atoms with E-state index in [1.165, 1.54) is 7.11 Å². The van der Waals surface area contributed by atoms with Crippen molar-refractivity contribution in [3.05, 3.63) is 35.4 Å². The molecule has 4 nitrogen and oxygen atoms in total. The lowest BCUT2D eigenvalue weighted by atomic mass is 10.1. The first kappa shape index (κ1) is 14.7. The first-order valence-electron chi connectivity index (χ1n) is 5.90. The van der Waals surface area contributed by atoms with Gasteiger partial charge in [0.2, 0.25) is 0 Å². The molecule has 0 aliphatic rings. The summed E-state index contributed by atoms with van der Waals surface area (Å²) in [5.74, 6) is -0.311. The molecular weight excluding hydrogens is 230 g/mol. The van der Waals surface area contributed by atoms with E-state index in [-0.39, 0.29) is 11.5 Å². The molecule has 1 rings (SSSR count). The predicted octanol–water partition coefficient (Wildman–Crippen LogP) is 1.99. The van der Waals surface area contributed by atoms with Crippen LogP contribution >= 0.6 is 0 Å². The van der Waals surface area contributed by atoms with Crippen molar-refractivity contribution in [1.82, 2.24) is 5.32 Å². The fourth-order valence-corrected chi connectivity index (χ4v) is 1.63. The zero-order chi connectivity index (χ0) is 13.6. The van der Waals surface area contributed by atoms with E-state index in [4.69, 9.17) is 4.74 Å². The van der Waals surface area contributed by atoms with E-state index in [9.17, 15) is 4.79 Å². The van der Waals surface area contributed by atoms with Gasteiger partial charge in [0.1, 0.15) is 0 Å². The van der Waals surface area contributed by atoms with Crippen LogP contribution in [0.4, 0.5) is 0 Å². The van der Waals surface area contributed by atoms with Gasteiger partial charge in [-0.15, -0.1) is 0 Å². The Bertz CT molecular complexity index is 385. The number of benzene rings is 1. The molecule has 0 spiro atoms. The molecular formula is C14H21NO3. The fourth-order valence-electron chi connectivity index (χ4n) is 1.63. The molecule has 0 fully saturated rings. The van der Waals surface area contributed by atoms with Gasteiger partial charge in [-0.1, -0.05) is 12.1 Å². The van der Waals surface area contributed by atoms with Crippen LogP contribution in [0.3, 0.4) is 0 Å². The summed E-state index contributed by atoms with van der Waals surface area (Å²) in [5, 5.41) is 3.40. The lowest BCUT2D eigenvalue weighted by Crippen LogP contribution is -2.42. The average molecular weight is 251 g/mol. The van der Waals surface area contributed by atoms with Crippen molar-refractivity contribution in [3.8, 4) is 0 Å². The summed E-state index contributed by atoms with van der Waals surface area (Å²) >= 11 is 0. The molecule has 0 saturated carbocycles. The second-order valence-electron chi connectivity index (χ2n) is 4.86. The van der Waals surface area contributed by atoms with E-state index in [1.807, 2.05) is 12.1 Å². The molecule has 4 heteroatoms. The third kappa shape index (κ3) is 4.47. The number of carbonyl (C=O) groups excluding carboxylic acids is 1. The first-order chi connectivity index (χ1) is 8.48. The average Bonchev–Trinajstić information content (AvgIpc) is 2.36. The van der Waals surface area contributed by atoms with Gasteiger partial charge in [0.25, 0.3) is 0 Å². The Morgan fingerprint density at radius 2 is 1.83 bits per heavy atom. The first-order valence-corrected chi connectivity index (χ1v) is 5.90. The van der Waals surface area contributed by atoms with Crippen LogP contribution in [0.5, 0.6) is 0 Å². The summed E-state index contributed by atoms with van der Waals surface area (Å²) in [6.45, 7) is 5.55. The summed E-state index contributed by atoms with van der Waals surface area (Å²) < 4.78 is 9.79. The van der Waals surface area contributed by atoms with Gasteiger partial charge < -0.3 is 14.8 Å². The Hall–Kier alpha value is -1.39. The van der Waals surface area contributed by atoms with Gasteiger partial charge in [-0.25, -0.2) is 4.79 Å². The number of methoxy groups -OCH3 is 2. The van der Waals surface area contributed by atoms with Crippen molar-refractivity contribution in [2.24, 2.45) is 0 Å². The van der Waals surface area contributed by atoms with E-state index in [1.54, 1.807) is 19.2 Å². The highest BCUT2D eigenvalue weighted by molar-refractivity contribution is 5.89. The predicted molar refractivity (Wildman–Crippen MR) is 70.6 cm³/mol. The highest BCUT2D eigenvalue weighted by atomic mass is 16.5. The fraction of sp³-hybridized carbons (Fsp3) is 0.500. The highest BCUT2D eigenvalue weighted by Gasteiger charge is 2.16. The second kappa shape index (κ2) is 6.52. The molecule has 0 aliphatic carbocycles. The minimum absolute atomic E-state index is 0.0736. The van der Waals surface area contributed by atoms with Crippen LogP contribution in [0.15, 0.2) is 24.3 Å². The second-order valence-corrected chi connectivity index (χ2v) is 4.86. The van der Waals surface area contributed by atoms with E-state index < -0.39 is 0 Å². The number of carbonyl (C=O) groups is 1. The van der Waals surface area contributed by atoms with Crippen LogP contribution < -0.4 is 5.32 Å². The van der Waals surface area contributed by atoms with Gasteiger partial charge in [-0.2, -0.15) is 0 Å². The summed E-state index contributed by atoms with van der Waals surface area (Å²) in [6, 6.07) is 7.38. The molecule has 0 aromatic heterocycles. The number of nitrogens with one attached hydrogen (secondary N) is 1. The Morgan fingerprint density at radius 1 is 1.22 bits per heavy atom. The van der Waals surface area contributed by atoms with Gasteiger partial charge in [0, 0.05) is 19.2 Å². The van der Waals surface area contributed by atoms with Crippen LogP contribution in [0.1, 0.15) is 29.8 Å². The van der Waals surface area contributed by atoms with Gasteiger partial charge in [-0.3, -0.25) is 0 Å². The Balaban J connectivity index is 2.56. The van der Waals surface area contributed by atoms with Crippen molar-refractivity contribution in [1.29, 1.82) is 0 Å². The highest BCUT2D eigenvalue weighted by Crippen LogP contribution is 2.08. The molecule has 1 aromatic rings. The molecule has 18 heavy (non-hydrogen) atoms. The van der Waals surface area contributed by atoms with E-state index >= 15 is 0 Å². The molecule has 0 amide bonds. The molecule has 0 aliphatic heterocycles. The maximum absolute atomic E-state index is 11.3. The third-order valence-corrected chi connectivity index (χ3v) is 2.65. The van der Waals surface area contributed by atoms with E-state index in [0.29, 0.717) is 12.2 Å².